The molecule has 1 unspecified atom stereocenters. The minimum absolute atomic E-state index is 0. The van der Waals surface area contributed by atoms with Crippen LogP contribution in [-0.4, -0.2) is 37.8 Å². The summed E-state index contributed by atoms with van der Waals surface area (Å²) in [4.78, 5) is 11.3. The van der Waals surface area contributed by atoms with Crippen LogP contribution in [0.2, 0.25) is 0 Å². The minimum Gasteiger partial charge on any atom is -0.412 e. The van der Waals surface area contributed by atoms with Crippen molar-refractivity contribution in [2.45, 2.75) is 98.8 Å². The number of amides is 1. The number of ether oxygens (including phenoxy) is 1. The molecule has 26 heavy (non-hydrogen) atoms. The van der Waals surface area contributed by atoms with Gasteiger partial charge in [0.15, 0.2) is 0 Å². The highest BCUT2D eigenvalue weighted by Gasteiger charge is 2.07. The summed E-state index contributed by atoms with van der Waals surface area (Å²) in [6, 6.07) is 0. The first-order chi connectivity index (χ1) is 12.2. The maximum atomic E-state index is 11.3. The van der Waals surface area contributed by atoms with Gasteiger partial charge in [0.25, 0.3) is 0 Å². The maximum absolute atomic E-state index is 11.3. The van der Waals surface area contributed by atoms with E-state index in [-0.39, 0.29) is 14.2 Å². The molecule has 0 spiro atoms. The van der Waals surface area contributed by atoms with Crippen molar-refractivity contribution in [3.8, 4) is 0 Å². The fraction of sp³-hybridized carbons (Fsp3) is 0.952. The second-order valence-electron chi connectivity index (χ2n) is 6.46. The molecule has 0 aromatic heterocycles. The Morgan fingerprint density at radius 1 is 0.962 bits per heavy atom. The minimum atomic E-state index is 0. The van der Waals surface area contributed by atoms with E-state index in [0.29, 0.717) is 26.3 Å². The Bertz CT molecular complexity index is 274. The van der Waals surface area contributed by atoms with Crippen LogP contribution in [0, 0.1) is 5.92 Å². The number of carbonyl (C=O) groups is 1. The molecule has 0 aromatic carbocycles. The molecular formula is C21H52N2O3. The number of nitrogens with one attached hydrogen (secondary N) is 2. The van der Waals surface area contributed by atoms with Crippen LogP contribution >= 0.6 is 0 Å². The monoisotopic (exact) mass is 380 g/mol. The largest absolute Gasteiger partial charge is 0.412 e. The van der Waals surface area contributed by atoms with Gasteiger partial charge in [-0.1, -0.05) is 73.1 Å². The fourth-order valence-corrected chi connectivity index (χ4v) is 2.69. The van der Waals surface area contributed by atoms with E-state index in [1.165, 1.54) is 51.4 Å². The van der Waals surface area contributed by atoms with Crippen molar-refractivity contribution in [2.75, 3.05) is 26.4 Å². The van der Waals surface area contributed by atoms with Gasteiger partial charge in [0.1, 0.15) is 0 Å². The van der Waals surface area contributed by atoms with E-state index in [9.17, 15) is 4.79 Å². The highest BCUT2D eigenvalue weighted by atomic mass is 16.5. The SMILES string of the molecule is CC.CCCCCCC(CCCC)CNCOCCNC(=O)CCC.O.[HH].[HH]. The van der Waals surface area contributed by atoms with Gasteiger partial charge < -0.3 is 15.5 Å². The predicted octanol–water partition coefficient (Wildman–Crippen LogP) is 4.94. The first-order valence-electron chi connectivity index (χ1n) is 10.8. The summed E-state index contributed by atoms with van der Waals surface area (Å²) >= 11 is 0. The van der Waals surface area contributed by atoms with Crippen LogP contribution in [0.4, 0.5) is 0 Å². The molecule has 0 saturated heterocycles. The maximum Gasteiger partial charge on any atom is 0.220 e. The standard InChI is InChI=1S/C19H40N2O2.C2H6.H2O.2H2/c1-4-7-9-10-13-18(12-8-5-2)16-20-17-23-15-14-21-19(22)11-6-3;1-2;;;/h18,20H,4-17H2,1-3H3,(H,21,22);1-2H3;1H2;2*1H. The Morgan fingerprint density at radius 3 is 2.23 bits per heavy atom. The zero-order valence-electron chi connectivity index (χ0n) is 18.3. The summed E-state index contributed by atoms with van der Waals surface area (Å²) < 4.78 is 5.53. The van der Waals surface area contributed by atoms with E-state index in [2.05, 4.69) is 24.5 Å². The lowest BCUT2D eigenvalue weighted by Crippen LogP contribution is -2.30. The number of carbonyl (C=O) groups excluding carboxylic acids is 1. The lowest BCUT2D eigenvalue weighted by atomic mass is 9.95. The highest BCUT2D eigenvalue weighted by molar-refractivity contribution is 5.75. The van der Waals surface area contributed by atoms with Crippen molar-refractivity contribution in [3.63, 3.8) is 0 Å². The van der Waals surface area contributed by atoms with E-state index in [1.807, 2.05) is 20.8 Å². The van der Waals surface area contributed by atoms with Crippen LogP contribution in [0.3, 0.4) is 0 Å². The van der Waals surface area contributed by atoms with Crippen LogP contribution in [0.5, 0.6) is 0 Å². The molecule has 0 radical (unpaired) electrons. The summed E-state index contributed by atoms with van der Waals surface area (Å²) in [7, 11) is 0. The van der Waals surface area contributed by atoms with Crippen LogP contribution in [0.1, 0.15) is 102 Å². The summed E-state index contributed by atoms with van der Waals surface area (Å²) in [5, 5.41) is 6.27. The summed E-state index contributed by atoms with van der Waals surface area (Å²) in [5.74, 6) is 0.899. The van der Waals surface area contributed by atoms with Gasteiger partial charge in [-0.3, -0.25) is 10.1 Å². The molecule has 0 aliphatic heterocycles. The van der Waals surface area contributed by atoms with Gasteiger partial charge in [-0.15, -0.1) is 0 Å². The third-order valence-electron chi connectivity index (χ3n) is 4.11. The molecule has 0 fully saturated rings. The Balaban J connectivity index is -0.000000340. The number of hydrogen-bond acceptors (Lipinski definition) is 3. The Kier molecular flexibility index (Phi) is 30.8. The molecule has 5 heteroatoms. The van der Waals surface area contributed by atoms with Crippen LogP contribution in [0.15, 0.2) is 0 Å². The van der Waals surface area contributed by atoms with Crippen molar-refractivity contribution in [1.29, 1.82) is 0 Å². The number of rotatable bonds is 17. The summed E-state index contributed by atoms with van der Waals surface area (Å²) in [5.41, 5.74) is 0. The first kappa shape index (κ1) is 30.1. The number of unbranched alkanes of at least 4 members (excludes halogenated alkanes) is 4. The Labute approximate surface area is 166 Å². The van der Waals surface area contributed by atoms with Crippen LogP contribution in [0.25, 0.3) is 0 Å². The zero-order valence-corrected chi connectivity index (χ0v) is 18.3. The number of hydrogen-bond donors (Lipinski definition) is 2. The van der Waals surface area contributed by atoms with Gasteiger partial charge >= 0.3 is 0 Å². The molecule has 0 aliphatic rings. The third kappa shape index (κ3) is 23.4. The molecule has 4 N–H and O–H groups in total. The molecule has 0 rings (SSSR count). The fourth-order valence-electron chi connectivity index (χ4n) is 2.69. The topological polar surface area (TPSA) is 81.9 Å². The Morgan fingerprint density at radius 2 is 1.62 bits per heavy atom. The van der Waals surface area contributed by atoms with Crippen molar-refractivity contribution in [3.05, 3.63) is 0 Å². The van der Waals surface area contributed by atoms with Crippen molar-refractivity contribution >= 4 is 5.91 Å². The normalized spacial score (nSPS) is 11.1. The zero-order chi connectivity index (χ0) is 19.2. The van der Waals surface area contributed by atoms with Crippen molar-refractivity contribution in [1.82, 2.24) is 10.6 Å². The molecule has 5 nitrogen and oxygen atoms in total. The molecule has 1 amide bonds. The van der Waals surface area contributed by atoms with E-state index < -0.39 is 0 Å². The quantitative estimate of drug-likeness (QED) is 0.277. The van der Waals surface area contributed by atoms with Gasteiger partial charge in [-0.2, -0.15) is 0 Å². The molecule has 0 aromatic rings. The molecule has 164 valence electrons. The molecular weight excluding hydrogens is 328 g/mol. The van der Waals surface area contributed by atoms with Crippen molar-refractivity contribution in [2.24, 2.45) is 5.92 Å². The van der Waals surface area contributed by atoms with Crippen LogP contribution in [-0.2, 0) is 9.53 Å². The van der Waals surface area contributed by atoms with Crippen LogP contribution < -0.4 is 10.6 Å². The first-order valence-corrected chi connectivity index (χ1v) is 10.8. The van der Waals surface area contributed by atoms with Crippen molar-refractivity contribution < 1.29 is 17.9 Å². The molecule has 0 saturated carbocycles. The van der Waals surface area contributed by atoms with E-state index in [0.717, 1.165) is 18.9 Å². The predicted molar refractivity (Wildman–Crippen MR) is 118 cm³/mol. The van der Waals surface area contributed by atoms with Gasteiger partial charge in [0.2, 0.25) is 5.91 Å². The third-order valence-corrected chi connectivity index (χ3v) is 4.11. The summed E-state index contributed by atoms with van der Waals surface area (Å²) in [6.45, 7) is 13.4. The van der Waals surface area contributed by atoms with Gasteiger partial charge in [0.05, 0.1) is 13.3 Å². The molecule has 0 bridgehead atoms. The molecule has 0 heterocycles. The molecule has 1 atom stereocenters. The smallest absolute Gasteiger partial charge is 0.220 e. The summed E-state index contributed by atoms with van der Waals surface area (Å²) in [6.07, 6.45) is 12.1. The highest BCUT2D eigenvalue weighted by Crippen LogP contribution is 2.16. The molecule has 0 aliphatic carbocycles. The van der Waals surface area contributed by atoms with E-state index in [4.69, 9.17) is 4.74 Å². The average molecular weight is 381 g/mol. The average Bonchev–Trinajstić information content (AvgIpc) is 2.63. The van der Waals surface area contributed by atoms with Gasteiger partial charge in [-0.25, -0.2) is 0 Å². The van der Waals surface area contributed by atoms with Gasteiger partial charge in [0, 0.05) is 22.4 Å². The second-order valence-corrected chi connectivity index (χ2v) is 6.46. The Hall–Kier alpha value is -0.650. The lowest BCUT2D eigenvalue weighted by molar-refractivity contribution is -0.121. The second kappa shape index (κ2) is 26.6. The van der Waals surface area contributed by atoms with Gasteiger partial charge in [-0.05, 0) is 25.2 Å². The van der Waals surface area contributed by atoms with E-state index >= 15 is 0 Å². The lowest BCUT2D eigenvalue weighted by Gasteiger charge is -2.17. The van der Waals surface area contributed by atoms with E-state index in [1.54, 1.807) is 0 Å².